The van der Waals surface area contributed by atoms with Crippen molar-refractivity contribution in [2.24, 2.45) is 0 Å². The van der Waals surface area contributed by atoms with Gasteiger partial charge in [-0.1, -0.05) is 17.3 Å². The van der Waals surface area contributed by atoms with Crippen LogP contribution in [0.1, 0.15) is 5.56 Å². The van der Waals surface area contributed by atoms with Crippen LogP contribution in [0.4, 0.5) is 0 Å². The van der Waals surface area contributed by atoms with Gasteiger partial charge >= 0.3 is 0 Å². The van der Waals surface area contributed by atoms with Crippen molar-refractivity contribution < 1.29 is 0 Å². The highest BCUT2D eigenvalue weighted by molar-refractivity contribution is 9.10. The van der Waals surface area contributed by atoms with Crippen molar-refractivity contribution in [2.75, 3.05) is 0 Å². The van der Waals surface area contributed by atoms with Crippen LogP contribution in [0.2, 0.25) is 0 Å². The van der Waals surface area contributed by atoms with Gasteiger partial charge in [-0.3, -0.25) is 9.78 Å². The van der Waals surface area contributed by atoms with Gasteiger partial charge in [-0.05, 0) is 39.7 Å². The molecule has 2 aromatic heterocycles. The largest absolute Gasteiger partial charge is 0.277 e. The van der Waals surface area contributed by atoms with E-state index in [1.54, 1.807) is 24.5 Å². The van der Waals surface area contributed by atoms with Crippen molar-refractivity contribution in [2.45, 2.75) is 6.54 Å². The van der Waals surface area contributed by atoms with E-state index in [4.69, 9.17) is 0 Å². The van der Waals surface area contributed by atoms with Crippen LogP contribution in [0, 0.1) is 0 Å². The lowest BCUT2D eigenvalue weighted by atomic mass is 10.2. The first kappa shape index (κ1) is 12.0. The van der Waals surface area contributed by atoms with E-state index in [0.29, 0.717) is 17.4 Å². The summed E-state index contributed by atoms with van der Waals surface area (Å²) in [4.78, 5) is 16.3. The first-order chi connectivity index (χ1) is 9.24. The van der Waals surface area contributed by atoms with Gasteiger partial charge in [0.2, 0.25) is 0 Å². The molecule has 0 atom stereocenters. The zero-order chi connectivity index (χ0) is 13.2. The molecular weight excluding hydrogens is 308 g/mol. The molecule has 0 unspecified atom stereocenters. The van der Waals surface area contributed by atoms with Crippen LogP contribution in [0.3, 0.4) is 0 Å². The predicted octanol–water partition coefficient (Wildman–Crippen LogP) is 2.00. The Kier molecular flexibility index (Phi) is 3.08. The summed E-state index contributed by atoms with van der Waals surface area (Å²) >= 11 is 3.35. The third-order valence-corrected chi connectivity index (χ3v) is 3.16. The van der Waals surface area contributed by atoms with E-state index < -0.39 is 0 Å². The monoisotopic (exact) mass is 316 g/mol. The molecular formula is C13H9BrN4O. The maximum absolute atomic E-state index is 12.2. The molecule has 3 rings (SSSR count). The first-order valence-corrected chi connectivity index (χ1v) is 6.45. The SMILES string of the molecule is O=c1c2ccccc2nnn1Cc1cncc(Br)c1. The van der Waals surface area contributed by atoms with E-state index in [2.05, 4.69) is 31.2 Å². The zero-order valence-corrected chi connectivity index (χ0v) is 11.4. The number of fused-ring (bicyclic) bond motifs is 1. The molecule has 1 aromatic carbocycles. The number of hydrogen-bond acceptors (Lipinski definition) is 4. The molecule has 2 heterocycles. The van der Waals surface area contributed by atoms with E-state index in [0.717, 1.165) is 10.0 Å². The van der Waals surface area contributed by atoms with E-state index >= 15 is 0 Å². The topological polar surface area (TPSA) is 60.7 Å². The van der Waals surface area contributed by atoms with Gasteiger partial charge in [0.15, 0.2) is 0 Å². The van der Waals surface area contributed by atoms with Crippen LogP contribution in [0.15, 0.2) is 52.0 Å². The summed E-state index contributed by atoms with van der Waals surface area (Å²) in [5.41, 5.74) is 1.35. The highest BCUT2D eigenvalue weighted by atomic mass is 79.9. The van der Waals surface area contributed by atoms with Crippen LogP contribution < -0.4 is 5.56 Å². The predicted molar refractivity (Wildman–Crippen MR) is 74.8 cm³/mol. The van der Waals surface area contributed by atoms with Crippen LogP contribution >= 0.6 is 15.9 Å². The number of hydrogen-bond donors (Lipinski definition) is 0. The number of pyridine rings is 1. The fourth-order valence-electron chi connectivity index (χ4n) is 1.84. The van der Waals surface area contributed by atoms with E-state index in [1.165, 1.54) is 4.68 Å². The lowest BCUT2D eigenvalue weighted by Gasteiger charge is -2.04. The Balaban J connectivity index is 2.06. The van der Waals surface area contributed by atoms with Crippen LogP contribution in [0.25, 0.3) is 10.9 Å². The molecule has 6 heteroatoms. The Hall–Kier alpha value is -2.08. The Labute approximate surface area is 117 Å². The number of aromatic nitrogens is 4. The number of halogens is 1. The van der Waals surface area contributed by atoms with Crippen LogP contribution in [-0.2, 0) is 6.54 Å². The highest BCUT2D eigenvalue weighted by Gasteiger charge is 2.05. The summed E-state index contributed by atoms with van der Waals surface area (Å²) in [7, 11) is 0. The van der Waals surface area contributed by atoms with Crippen molar-refractivity contribution in [3.05, 3.63) is 63.1 Å². The average molecular weight is 317 g/mol. The molecule has 0 radical (unpaired) electrons. The van der Waals surface area contributed by atoms with Gasteiger partial charge in [-0.25, -0.2) is 4.68 Å². The molecule has 19 heavy (non-hydrogen) atoms. The molecule has 0 spiro atoms. The fourth-order valence-corrected chi connectivity index (χ4v) is 2.25. The fraction of sp³-hybridized carbons (Fsp3) is 0.0769. The Bertz CT molecular complexity index is 800. The standard InChI is InChI=1S/C13H9BrN4O/c14-10-5-9(6-15-7-10)8-18-13(19)11-3-1-2-4-12(11)16-17-18/h1-7H,8H2. The smallest absolute Gasteiger partial charge is 0.267 e. The minimum absolute atomic E-state index is 0.148. The van der Waals surface area contributed by atoms with Gasteiger partial charge in [-0.15, -0.1) is 5.10 Å². The van der Waals surface area contributed by atoms with Crippen molar-refractivity contribution in [3.8, 4) is 0 Å². The molecule has 0 aliphatic rings. The molecule has 0 saturated heterocycles. The number of benzene rings is 1. The van der Waals surface area contributed by atoms with Crippen LogP contribution in [-0.4, -0.2) is 20.0 Å². The second kappa shape index (κ2) is 4.89. The Morgan fingerprint density at radius 3 is 2.89 bits per heavy atom. The van der Waals surface area contributed by atoms with Crippen molar-refractivity contribution >= 4 is 26.8 Å². The minimum atomic E-state index is -0.148. The summed E-state index contributed by atoms with van der Waals surface area (Å²) in [6.07, 6.45) is 3.40. The molecule has 0 bridgehead atoms. The quantitative estimate of drug-likeness (QED) is 0.725. The third-order valence-electron chi connectivity index (χ3n) is 2.72. The van der Waals surface area contributed by atoms with E-state index in [9.17, 15) is 4.79 Å². The molecule has 0 aliphatic carbocycles. The number of nitrogens with zero attached hydrogens (tertiary/aromatic N) is 4. The molecule has 0 amide bonds. The summed E-state index contributed by atoms with van der Waals surface area (Å²) in [6.45, 7) is 0.350. The molecule has 3 aromatic rings. The molecule has 5 nitrogen and oxygen atoms in total. The highest BCUT2D eigenvalue weighted by Crippen LogP contribution is 2.10. The maximum Gasteiger partial charge on any atom is 0.277 e. The second-order valence-corrected chi connectivity index (χ2v) is 5.00. The van der Waals surface area contributed by atoms with Gasteiger partial charge < -0.3 is 0 Å². The van der Waals surface area contributed by atoms with Gasteiger partial charge in [0.05, 0.1) is 11.9 Å². The van der Waals surface area contributed by atoms with Crippen molar-refractivity contribution in [3.63, 3.8) is 0 Å². The van der Waals surface area contributed by atoms with Gasteiger partial charge in [-0.2, -0.15) is 0 Å². The average Bonchev–Trinajstić information content (AvgIpc) is 2.42. The summed E-state index contributed by atoms with van der Waals surface area (Å²) in [5, 5.41) is 8.55. The van der Waals surface area contributed by atoms with Gasteiger partial charge in [0, 0.05) is 16.9 Å². The lowest BCUT2D eigenvalue weighted by Crippen LogP contribution is -2.24. The lowest BCUT2D eigenvalue weighted by molar-refractivity contribution is 0.599. The maximum atomic E-state index is 12.2. The first-order valence-electron chi connectivity index (χ1n) is 5.66. The van der Waals surface area contributed by atoms with Crippen molar-refractivity contribution in [1.29, 1.82) is 0 Å². The van der Waals surface area contributed by atoms with Gasteiger partial charge in [0.25, 0.3) is 5.56 Å². The summed E-state index contributed by atoms with van der Waals surface area (Å²) in [6, 6.07) is 9.07. The van der Waals surface area contributed by atoms with Crippen LogP contribution in [0.5, 0.6) is 0 Å². The van der Waals surface area contributed by atoms with Crippen molar-refractivity contribution in [1.82, 2.24) is 20.0 Å². The van der Waals surface area contributed by atoms with E-state index in [1.807, 2.05) is 18.2 Å². The molecule has 0 saturated carbocycles. The molecule has 94 valence electrons. The second-order valence-electron chi connectivity index (χ2n) is 4.08. The van der Waals surface area contributed by atoms with E-state index in [-0.39, 0.29) is 5.56 Å². The van der Waals surface area contributed by atoms with Gasteiger partial charge in [0.1, 0.15) is 5.52 Å². The zero-order valence-electron chi connectivity index (χ0n) is 9.82. The summed E-state index contributed by atoms with van der Waals surface area (Å²) in [5.74, 6) is 0. The number of rotatable bonds is 2. The summed E-state index contributed by atoms with van der Waals surface area (Å²) < 4.78 is 2.21. The third kappa shape index (κ3) is 2.39. The Morgan fingerprint density at radius 1 is 1.21 bits per heavy atom. The Morgan fingerprint density at radius 2 is 2.05 bits per heavy atom. The molecule has 0 N–H and O–H groups in total. The molecule has 0 fully saturated rings. The normalized spacial score (nSPS) is 10.8. The minimum Gasteiger partial charge on any atom is -0.267 e. The molecule has 0 aliphatic heterocycles.